The average molecular weight is 470 g/mol. The maximum Gasteiger partial charge on any atom is 0.320 e. The van der Waals surface area contributed by atoms with E-state index in [4.69, 9.17) is 0 Å². The van der Waals surface area contributed by atoms with Gasteiger partial charge in [0.2, 0.25) is 0 Å². The lowest BCUT2D eigenvalue weighted by Crippen LogP contribution is -2.70. The van der Waals surface area contributed by atoms with Gasteiger partial charge in [-0.05, 0) is 38.5 Å². The number of piperazine rings is 2. The number of urea groups is 1. The van der Waals surface area contributed by atoms with Gasteiger partial charge in [0.1, 0.15) is 0 Å². The third-order valence-corrected chi connectivity index (χ3v) is 7.54. The van der Waals surface area contributed by atoms with E-state index in [1.807, 2.05) is 15.9 Å². The van der Waals surface area contributed by atoms with Crippen molar-refractivity contribution in [2.24, 2.45) is 0 Å². The Kier molecular flexibility index (Phi) is 5.71. The Morgan fingerprint density at radius 3 is 2.74 bits per heavy atom. The molecular weight excluding hydrogens is 437 g/mol. The lowest BCUT2D eigenvalue weighted by atomic mass is 9.87. The number of carbonyl (C=O) groups is 1. The fraction of sp³-hybridized carbons (Fsp3) is 0.542. The van der Waals surface area contributed by atoms with E-state index in [0.29, 0.717) is 43.3 Å². The fourth-order valence-corrected chi connectivity index (χ4v) is 5.58. The van der Waals surface area contributed by atoms with Gasteiger partial charge >= 0.3 is 6.03 Å². The van der Waals surface area contributed by atoms with Gasteiger partial charge in [0, 0.05) is 56.9 Å². The minimum atomic E-state index is -0.693. The van der Waals surface area contributed by atoms with Crippen molar-refractivity contribution in [2.45, 2.75) is 44.8 Å². The van der Waals surface area contributed by atoms with Gasteiger partial charge in [-0.15, -0.1) is 10.2 Å². The summed E-state index contributed by atoms with van der Waals surface area (Å²) < 4.78 is 13.9. The first kappa shape index (κ1) is 22.6. The zero-order valence-electron chi connectivity index (χ0n) is 19.9. The molecule has 2 fully saturated rings. The zero-order chi connectivity index (χ0) is 24.0. The van der Waals surface area contributed by atoms with Crippen LogP contribution in [0.3, 0.4) is 0 Å². The van der Waals surface area contributed by atoms with E-state index in [0.717, 1.165) is 25.2 Å². The van der Waals surface area contributed by atoms with Crippen molar-refractivity contribution >= 4 is 17.5 Å². The van der Waals surface area contributed by atoms with Crippen LogP contribution < -0.4 is 15.5 Å². The van der Waals surface area contributed by atoms with E-state index in [9.17, 15) is 14.3 Å². The number of halogens is 1. The van der Waals surface area contributed by atoms with Crippen LogP contribution in [-0.4, -0.2) is 88.0 Å². The van der Waals surface area contributed by atoms with Crippen LogP contribution in [-0.2, 0) is 0 Å². The summed E-state index contributed by atoms with van der Waals surface area (Å²) in [5.74, 6) is -0.466. The zero-order valence-corrected chi connectivity index (χ0v) is 19.9. The maximum atomic E-state index is 13.9. The monoisotopic (exact) mass is 469 g/mol. The first-order valence-corrected chi connectivity index (χ1v) is 12.0. The van der Waals surface area contributed by atoms with E-state index in [1.54, 1.807) is 12.1 Å². The molecule has 5 rings (SSSR count). The molecule has 3 aliphatic heterocycles. The summed E-state index contributed by atoms with van der Waals surface area (Å²) in [5, 5.41) is 25.6. The molecule has 0 radical (unpaired) electrons. The number of hydrogen-bond donors (Lipinski definition) is 3. The van der Waals surface area contributed by atoms with Crippen LogP contribution in [0.15, 0.2) is 24.3 Å². The minimum absolute atomic E-state index is 0.0954. The number of phenols is 1. The summed E-state index contributed by atoms with van der Waals surface area (Å²) in [6, 6.07) is 6.63. The predicted octanol–water partition coefficient (Wildman–Crippen LogP) is 2.49. The lowest BCUT2D eigenvalue weighted by Gasteiger charge is -2.55. The van der Waals surface area contributed by atoms with Crippen molar-refractivity contribution < 1.29 is 14.3 Å². The Morgan fingerprint density at radius 1 is 1.24 bits per heavy atom. The molecule has 2 amide bonds. The van der Waals surface area contributed by atoms with Gasteiger partial charge in [-0.3, -0.25) is 0 Å². The fourth-order valence-electron chi connectivity index (χ4n) is 5.58. The second-order valence-electron chi connectivity index (χ2n) is 9.65. The first-order chi connectivity index (χ1) is 16.3. The molecule has 2 saturated heterocycles. The number of phenolic OH excluding ortho intramolecular Hbond substituents is 1. The second kappa shape index (κ2) is 8.57. The van der Waals surface area contributed by atoms with Crippen LogP contribution in [0.5, 0.6) is 5.75 Å². The molecule has 1 aromatic heterocycles. The Labute approximate surface area is 198 Å². The van der Waals surface area contributed by atoms with Gasteiger partial charge in [-0.2, -0.15) is 0 Å². The number of rotatable bonds is 2. The van der Waals surface area contributed by atoms with Crippen molar-refractivity contribution in [1.82, 2.24) is 25.3 Å². The number of nitrogens with one attached hydrogen (secondary N) is 2. The highest BCUT2D eigenvalue weighted by molar-refractivity contribution is 5.79. The molecule has 0 saturated carbocycles. The van der Waals surface area contributed by atoms with Crippen molar-refractivity contribution in [3.63, 3.8) is 0 Å². The molecule has 34 heavy (non-hydrogen) atoms. The van der Waals surface area contributed by atoms with E-state index in [-0.39, 0.29) is 23.7 Å². The number of benzene rings is 1. The van der Waals surface area contributed by atoms with E-state index >= 15 is 0 Å². The molecule has 3 aliphatic rings. The summed E-state index contributed by atoms with van der Waals surface area (Å²) in [7, 11) is 0. The second-order valence-corrected chi connectivity index (χ2v) is 9.65. The number of anilines is 2. The number of carbonyl (C=O) groups excluding carboxylic acids is 1. The number of hydrogen-bond acceptors (Lipinski definition) is 7. The number of amides is 2. The molecule has 1 aromatic carbocycles. The van der Waals surface area contributed by atoms with Crippen molar-refractivity contribution in [2.75, 3.05) is 49.5 Å². The Hall–Kier alpha value is -3.14. The number of fused-ring (bicyclic) bond motifs is 3. The van der Waals surface area contributed by atoms with Crippen LogP contribution in [0, 0.1) is 5.82 Å². The predicted molar refractivity (Wildman–Crippen MR) is 129 cm³/mol. The molecule has 3 N–H and O–H groups in total. The number of aromatic hydroxyl groups is 1. The molecule has 2 aromatic rings. The lowest BCUT2D eigenvalue weighted by molar-refractivity contribution is 0.0837. The summed E-state index contributed by atoms with van der Waals surface area (Å²) in [5.41, 5.74) is 1.27. The first-order valence-electron chi connectivity index (χ1n) is 12.0. The number of para-hydroxylation sites is 1. The molecule has 10 heteroatoms. The maximum absolute atomic E-state index is 13.9. The van der Waals surface area contributed by atoms with Gasteiger partial charge in [0.15, 0.2) is 17.4 Å². The normalized spacial score (nSPS) is 26.5. The third kappa shape index (κ3) is 3.60. The van der Waals surface area contributed by atoms with Crippen LogP contribution >= 0.6 is 0 Å². The van der Waals surface area contributed by atoms with Crippen LogP contribution in [0.2, 0.25) is 0 Å². The van der Waals surface area contributed by atoms with Gasteiger partial charge < -0.3 is 30.4 Å². The van der Waals surface area contributed by atoms with E-state index < -0.39 is 11.6 Å². The van der Waals surface area contributed by atoms with Crippen LogP contribution in [0.1, 0.15) is 27.2 Å². The molecular formula is C24H32FN7O2. The van der Waals surface area contributed by atoms with Crippen molar-refractivity contribution in [3.8, 4) is 17.0 Å². The summed E-state index contributed by atoms with van der Waals surface area (Å²) >= 11 is 0. The van der Waals surface area contributed by atoms with Gasteiger partial charge in [0.05, 0.1) is 16.9 Å². The standard InChI is InChI=1S/C24H32FN7O2/c1-4-24-13-27-22-20(10-19(28-29-22)17-6-5-7-18(25)21(17)33)31(24)9-8-30(14-24)23(34)32-15(2)11-26-12-16(32)3/h5-7,10,15-16,26,33H,4,8-9,11-14H2,1-3H3,(H,27,29)/t15-,16+,24?. The minimum Gasteiger partial charge on any atom is -0.504 e. The Morgan fingerprint density at radius 2 is 2.00 bits per heavy atom. The smallest absolute Gasteiger partial charge is 0.320 e. The average Bonchev–Trinajstić information content (AvgIpc) is 2.84. The van der Waals surface area contributed by atoms with Crippen LogP contribution in [0.25, 0.3) is 11.3 Å². The topological polar surface area (TPSA) is 96.9 Å². The molecule has 3 atom stereocenters. The molecule has 9 nitrogen and oxygen atoms in total. The van der Waals surface area contributed by atoms with E-state index in [2.05, 4.69) is 46.5 Å². The summed E-state index contributed by atoms with van der Waals surface area (Å²) in [4.78, 5) is 19.9. The van der Waals surface area contributed by atoms with Crippen LogP contribution in [0.4, 0.5) is 20.7 Å². The summed E-state index contributed by atoms with van der Waals surface area (Å²) in [6.07, 6.45) is 0.832. The van der Waals surface area contributed by atoms with Gasteiger partial charge in [-0.25, -0.2) is 9.18 Å². The molecule has 4 heterocycles. The highest BCUT2D eigenvalue weighted by atomic mass is 19.1. The molecule has 1 unspecified atom stereocenters. The molecule has 0 spiro atoms. The molecule has 0 bridgehead atoms. The molecule has 182 valence electrons. The van der Waals surface area contributed by atoms with Crippen molar-refractivity contribution in [1.29, 1.82) is 0 Å². The van der Waals surface area contributed by atoms with E-state index in [1.165, 1.54) is 6.07 Å². The SMILES string of the molecule is CCC12CNc3nnc(-c4cccc(F)c4O)cc3N1CCN(C(=O)N1[C@H](C)CNC[C@@H]1C)C2. The number of aromatic nitrogens is 2. The Bertz CT molecular complexity index is 1090. The third-order valence-electron chi connectivity index (χ3n) is 7.54. The number of nitrogens with zero attached hydrogens (tertiary/aromatic N) is 5. The molecule has 0 aliphatic carbocycles. The highest BCUT2D eigenvalue weighted by Gasteiger charge is 2.47. The van der Waals surface area contributed by atoms with Crippen molar-refractivity contribution in [3.05, 3.63) is 30.1 Å². The quantitative estimate of drug-likeness (QED) is 0.622. The highest BCUT2D eigenvalue weighted by Crippen LogP contribution is 2.41. The van der Waals surface area contributed by atoms with Gasteiger partial charge in [-0.1, -0.05) is 13.0 Å². The summed E-state index contributed by atoms with van der Waals surface area (Å²) in [6.45, 7) is 10.4. The Balaban J connectivity index is 1.45. The largest absolute Gasteiger partial charge is 0.504 e. The van der Waals surface area contributed by atoms with Gasteiger partial charge in [0.25, 0.3) is 0 Å².